The zero-order chi connectivity index (χ0) is 34.9. The highest BCUT2D eigenvalue weighted by molar-refractivity contribution is 6.23. The van der Waals surface area contributed by atoms with Crippen LogP contribution in [0.4, 0.5) is 0 Å². The molecule has 4 heterocycles. The molecule has 0 saturated heterocycles. The van der Waals surface area contributed by atoms with Crippen molar-refractivity contribution in [1.82, 2.24) is 18.5 Å². The van der Waals surface area contributed by atoms with Gasteiger partial charge in [0.1, 0.15) is 5.65 Å². The first-order valence-corrected chi connectivity index (χ1v) is 18.1. The van der Waals surface area contributed by atoms with Crippen molar-refractivity contribution in [3.05, 3.63) is 194 Å². The number of fused-ring (bicyclic) bond motifs is 8. The Labute approximate surface area is 306 Å². The molecule has 0 aliphatic heterocycles. The van der Waals surface area contributed by atoms with Crippen molar-refractivity contribution in [3.63, 3.8) is 0 Å². The van der Waals surface area contributed by atoms with Gasteiger partial charge >= 0.3 is 0 Å². The van der Waals surface area contributed by atoms with E-state index in [1.165, 1.54) is 43.6 Å². The van der Waals surface area contributed by atoms with E-state index in [1.807, 2.05) is 6.07 Å². The molecule has 0 atom stereocenters. The average molecular weight is 677 g/mol. The number of para-hydroxylation sites is 3. The molecule has 0 fully saturated rings. The third-order valence-electron chi connectivity index (χ3n) is 10.7. The van der Waals surface area contributed by atoms with Crippen molar-refractivity contribution in [3.8, 4) is 45.0 Å². The largest absolute Gasteiger partial charge is 0.307 e. The number of hydrogen-bond acceptors (Lipinski definition) is 1. The van der Waals surface area contributed by atoms with Crippen LogP contribution in [0, 0.1) is 0 Å². The topological polar surface area (TPSA) is 27.2 Å². The molecule has 0 N–H and O–H groups in total. The molecular formula is C49H32N4. The van der Waals surface area contributed by atoms with Crippen LogP contribution in [-0.4, -0.2) is 18.5 Å². The maximum atomic E-state index is 5.13. The van der Waals surface area contributed by atoms with E-state index in [0.29, 0.717) is 0 Å². The summed E-state index contributed by atoms with van der Waals surface area (Å²) in [6, 6.07) is 67.3. The van der Waals surface area contributed by atoms with Gasteiger partial charge in [-0.15, -0.1) is 0 Å². The van der Waals surface area contributed by atoms with E-state index in [9.17, 15) is 0 Å². The fraction of sp³-hybridized carbons (Fsp3) is 0. The number of nitrogens with zero attached hydrogens (tertiary/aromatic N) is 4. The monoisotopic (exact) mass is 676 g/mol. The van der Waals surface area contributed by atoms with E-state index < -0.39 is 0 Å². The zero-order valence-electron chi connectivity index (χ0n) is 28.8. The van der Waals surface area contributed by atoms with Crippen molar-refractivity contribution in [2.24, 2.45) is 0 Å². The maximum Gasteiger partial charge on any atom is 0.137 e. The fourth-order valence-corrected chi connectivity index (χ4v) is 8.30. The van der Waals surface area contributed by atoms with Crippen molar-refractivity contribution in [2.45, 2.75) is 0 Å². The van der Waals surface area contributed by atoms with Crippen LogP contribution in [0.2, 0.25) is 0 Å². The molecule has 0 bridgehead atoms. The van der Waals surface area contributed by atoms with Crippen LogP contribution in [0.1, 0.15) is 0 Å². The Hall–Kier alpha value is -7.17. The normalized spacial score (nSPS) is 11.8. The molecule has 4 aromatic heterocycles. The Balaban J connectivity index is 1.12. The second-order valence-electron chi connectivity index (χ2n) is 13.6. The number of hydrogen-bond donors (Lipinski definition) is 0. The van der Waals surface area contributed by atoms with Crippen LogP contribution >= 0.6 is 0 Å². The second kappa shape index (κ2) is 11.7. The van der Waals surface area contributed by atoms with Crippen molar-refractivity contribution >= 4 is 49.3 Å². The van der Waals surface area contributed by atoms with Crippen LogP contribution in [-0.2, 0) is 0 Å². The number of rotatable bonds is 5. The predicted octanol–water partition coefficient (Wildman–Crippen LogP) is 12.5. The minimum atomic E-state index is 0.922. The molecule has 0 aliphatic rings. The molecular weight excluding hydrogens is 645 g/mol. The minimum absolute atomic E-state index is 0.922. The molecule has 11 aromatic rings. The molecule has 11 rings (SSSR count). The molecule has 4 heteroatoms. The molecule has 0 radical (unpaired) electrons. The van der Waals surface area contributed by atoms with E-state index in [2.05, 4.69) is 202 Å². The lowest BCUT2D eigenvalue weighted by molar-refractivity contribution is 1.15. The third kappa shape index (κ3) is 4.52. The van der Waals surface area contributed by atoms with Gasteiger partial charge < -0.3 is 9.13 Å². The van der Waals surface area contributed by atoms with Crippen LogP contribution in [0.3, 0.4) is 0 Å². The fourth-order valence-electron chi connectivity index (χ4n) is 8.30. The van der Waals surface area contributed by atoms with E-state index in [4.69, 9.17) is 4.98 Å². The van der Waals surface area contributed by atoms with Crippen molar-refractivity contribution in [1.29, 1.82) is 0 Å². The van der Waals surface area contributed by atoms with Gasteiger partial charge in [0, 0.05) is 50.2 Å². The van der Waals surface area contributed by atoms with Crippen LogP contribution < -0.4 is 0 Å². The Bertz CT molecular complexity index is 3130. The summed E-state index contributed by atoms with van der Waals surface area (Å²) in [5, 5.41) is 4.98. The van der Waals surface area contributed by atoms with Gasteiger partial charge in [0.2, 0.25) is 0 Å². The standard InChI is InChI=1S/C49H32N4/c1-4-14-34(15-5-1)46-47(35-16-6-2-7-17-35)51-32-36(26-31-45(51)50-46)33-24-27-38(28-25-33)53-44-23-13-11-21-40(44)42-30-29-41-39-20-10-12-22-43(39)52(48(41)49(42)53)37-18-8-3-9-19-37/h1-32H. The summed E-state index contributed by atoms with van der Waals surface area (Å²) >= 11 is 0. The smallest absolute Gasteiger partial charge is 0.137 e. The minimum Gasteiger partial charge on any atom is -0.307 e. The van der Waals surface area contributed by atoms with E-state index >= 15 is 0 Å². The van der Waals surface area contributed by atoms with Gasteiger partial charge in [0.05, 0.1) is 33.5 Å². The quantitative estimate of drug-likeness (QED) is 0.178. The second-order valence-corrected chi connectivity index (χ2v) is 13.6. The van der Waals surface area contributed by atoms with E-state index in [0.717, 1.165) is 50.7 Å². The van der Waals surface area contributed by atoms with Crippen LogP contribution in [0.5, 0.6) is 0 Å². The van der Waals surface area contributed by atoms with Gasteiger partial charge in [-0.3, -0.25) is 4.40 Å². The summed E-state index contributed by atoms with van der Waals surface area (Å²) in [5.41, 5.74) is 14.6. The van der Waals surface area contributed by atoms with E-state index in [1.54, 1.807) is 0 Å². The molecule has 7 aromatic carbocycles. The highest BCUT2D eigenvalue weighted by Gasteiger charge is 2.21. The number of aromatic nitrogens is 4. The van der Waals surface area contributed by atoms with Gasteiger partial charge in [-0.25, -0.2) is 4.98 Å². The summed E-state index contributed by atoms with van der Waals surface area (Å²) in [6.45, 7) is 0. The van der Waals surface area contributed by atoms with Gasteiger partial charge in [-0.05, 0) is 59.7 Å². The molecule has 0 spiro atoms. The summed E-state index contributed by atoms with van der Waals surface area (Å²) < 4.78 is 7.13. The summed E-state index contributed by atoms with van der Waals surface area (Å²) in [6.07, 6.45) is 2.23. The lowest BCUT2D eigenvalue weighted by atomic mass is 10.0. The summed E-state index contributed by atoms with van der Waals surface area (Å²) in [7, 11) is 0. The first-order chi connectivity index (χ1) is 26.3. The molecule has 0 aliphatic carbocycles. The van der Waals surface area contributed by atoms with Crippen LogP contribution in [0.25, 0.3) is 94.3 Å². The number of imidazole rings is 1. The highest BCUT2D eigenvalue weighted by atomic mass is 15.0. The molecule has 0 saturated carbocycles. The summed E-state index contributed by atoms with van der Waals surface area (Å²) in [5.74, 6) is 0. The molecule has 4 nitrogen and oxygen atoms in total. The Kier molecular flexibility index (Phi) is 6.52. The lowest BCUT2D eigenvalue weighted by Crippen LogP contribution is -1.98. The lowest BCUT2D eigenvalue weighted by Gasteiger charge is -2.13. The van der Waals surface area contributed by atoms with Gasteiger partial charge in [-0.1, -0.05) is 140 Å². The first-order valence-electron chi connectivity index (χ1n) is 18.1. The van der Waals surface area contributed by atoms with E-state index in [-0.39, 0.29) is 0 Å². The number of benzene rings is 7. The van der Waals surface area contributed by atoms with Gasteiger partial charge in [0.15, 0.2) is 0 Å². The molecule has 0 unspecified atom stereocenters. The highest BCUT2D eigenvalue weighted by Crippen LogP contribution is 2.42. The maximum absolute atomic E-state index is 5.13. The SMILES string of the molecule is c1ccc(-c2nc3ccc(-c4ccc(-n5c6ccccc6c6ccc7c8ccccc8n(-c8ccccc8)c7c65)cc4)cn3c2-c2ccccc2)cc1. The molecule has 0 amide bonds. The Morgan fingerprint density at radius 2 is 0.830 bits per heavy atom. The Morgan fingerprint density at radius 1 is 0.340 bits per heavy atom. The molecule has 248 valence electrons. The average Bonchev–Trinajstić information content (AvgIpc) is 3.90. The number of pyridine rings is 1. The third-order valence-corrected chi connectivity index (χ3v) is 10.7. The first kappa shape index (κ1) is 29.5. The zero-order valence-corrected chi connectivity index (χ0v) is 28.8. The summed E-state index contributed by atoms with van der Waals surface area (Å²) in [4.78, 5) is 5.13. The molecule has 53 heavy (non-hydrogen) atoms. The Morgan fingerprint density at radius 3 is 1.43 bits per heavy atom. The van der Waals surface area contributed by atoms with Crippen LogP contribution in [0.15, 0.2) is 194 Å². The van der Waals surface area contributed by atoms with Gasteiger partial charge in [0.25, 0.3) is 0 Å². The van der Waals surface area contributed by atoms with Gasteiger partial charge in [-0.2, -0.15) is 0 Å². The van der Waals surface area contributed by atoms with Crippen molar-refractivity contribution in [2.75, 3.05) is 0 Å². The van der Waals surface area contributed by atoms with Crippen molar-refractivity contribution < 1.29 is 0 Å². The predicted molar refractivity (Wildman–Crippen MR) is 220 cm³/mol.